The summed E-state index contributed by atoms with van der Waals surface area (Å²) in [5.74, 6) is 1.51. The normalized spacial score (nSPS) is 12.7. The summed E-state index contributed by atoms with van der Waals surface area (Å²) in [5, 5.41) is 1.39. The third-order valence-corrected chi connectivity index (χ3v) is 8.66. The highest BCUT2D eigenvalue weighted by Gasteiger charge is 2.17. The van der Waals surface area contributed by atoms with Gasteiger partial charge in [-0.3, -0.25) is 0 Å². The van der Waals surface area contributed by atoms with E-state index in [0.29, 0.717) is 45.2 Å². The molecule has 4 nitrogen and oxygen atoms in total. The van der Waals surface area contributed by atoms with Crippen molar-refractivity contribution in [3.63, 3.8) is 0 Å². The Labute approximate surface area is 291 Å². The van der Waals surface area contributed by atoms with Crippen molar-refractivity contribution in [2.45, 2.75) is 0 Å². The molecule has 7 aromatic carbocycles. The van der Waals surface area contributed by atoms with E-state index in [0.717, 1.165) is 38.8 Å². The van der Waals surface area contributed by atoms with Gasteiger partial charge >= 0.3 is 0 Å². The summed E-state index contributed by atoms with van der Waals surface area (Å²) in [6.07, 6.45) is 0. The summed E-state index contributed by atoms with van der Waals surface area (Å²) < 4.78 is 48.2. The maximum absolute atomic E-state index is 8.62. The van der Waals surface area contributed by atoms with Gasteiger partial charge in [-0.1, -0.05) is 158 Å². The van der Waals surface area contributed by atoms with E-state index >= 15 is 0 Å². The standard InChI is InChI=1S/C45H29N3O/c1-4-11-30(12-5-1)32-19-23-35(24-20-32)43-46-44(36-25-21-33(22-26-36)31-13-6-2-7-14-31)48-45(47-43)37-27-28-39-41(29-37)49-40-18-10-17-38(42(39)40)34-15-8-3-9-16-34/h1-29H/i3D,8D,9D,15D,16D. The SMILES string of the molecule is [2H]c1c([2H])c([2H])c(-c2cccc3oc4cc(-c5nc(-c6ccc(-c7ccccc7)cc6)nc(-c6ccc(-c7ccccc7)cc6)n5)ccc4c23)c([2H])c1[2H]. The van der Waals surface area contributed by atoms with E-state index in [1.807, 2.05) is 84.9 Å². The molecule has 0 N–H and O–H groups in total. The van der Waals surface area contributed by atoms with Gasteiger partial charge in [0.2, 0.25) is 0 Å². The molecule has 9 aromatic rings. The first-order valence-corrected chi connectivity index (χ1v) is 15.9. The van der Waals surface area contributed by atoms with E-state index in [2.05, 4.69) is 48.5 Å². The lowest BCUT2D eigenvalue weighted by molar-refractivity contribution is 0.669. The fourth-order valence-corrected chi connectivity index (χ4v) is 6.21. The van der Waals surface area contributed by atoms with Crippen molar-refractivity contribution in [2.24, 2.45) is 0 Å². The van der Waals surface area contributed by atoms with Crippen molar-refractivity contribution >= 4 is 21.9 Å². The molecule has 2 aromatic heterocycles. The van der Waals surface area contributed by atoms with Crippen LogP contribution in [-0.2, 0) is 0 Å². The Kier molecular flexibility index (Phi) is 5.87. The maximum atomic E-state index is 8.62. The zero-order valence-electron chi connectivity index (χ0n) is 31.1. The number of aromatic nitrogens is 3. The van der Waals surface area contributed by atoms with Gasteiger partial charge < -0.3 is 4.42 Å². The molecule has 4 heteroatoms. The molecule has 0 aliphatic rings. The van der Waals surface area contributed by atoms with Crippen LogP contribution in [0.4, 0.5) is 0 Å². The average molecular weight is 633 g/mol. The van der Waals surface area contributed by atoms with Crippen LogP contribution in [0.1, 0.15) is 6.85 Å². The second-order valence-corrected chi connectivity index (χ2v) is 11.7. The topological polar surface area (TPSA) is 51.8 Å². The molecule has 0 saturated heterocycles. The second kappa shape index (κ2) is 12.2. The number of hydrogen-bond acceptors (Lipinski definition) is 4. The van der Waals surface area contributed by atoms with Crippen LogP contribution in [0.5, 0.6) is 0 Å². The van der Waals surface area contributed by atoms with E-state index in [1.165, 1.54) is 0 Å². The van der Waals surface area contributed by atoms with Crippen LogP contribution in [0.3, 0.4) is 0 Å². The van der Waals surface area contributed by atoms with Crippen LogP contribution in [0.25, 0.3) is 89.5 Å². The van der Waals surface area contributed by atoms with Crippen LogP contribution < -0.4 is 0 Å². The van der Waals surface area contributed by atoms with Crippen LogP contribution in [0.2, 0.25) is 0 Å². The first kappa shape index (κ1) is 23.6. The van der Waals surface area contributed by atoms with Crippen molar-refractivity contribution in [2.75, 3.05) is 0 Å². The molecule has 230 valence electrons. The predicted molar refractivity (Wildman–Crippen MR) is 200 cm³/mol. The Morgan fingerprint density at radius 2 is 0.878 bits per heavy atom. The van der Waals surface area contributed by atoms with Crippen LogP contribution in [-0.4, -0.2) is 15.0 Å². The smallest absolute Gasteiger partial charge is 0.164 e. The van der Waals surface area contributed by atoms with Crippen molar-refractivity contribution in [1.29, 1.82) is 0 Å². The minimum Gasteiger partial charge on any atom is -0.456 e. The lowest BCUT2D eigenvalue weighted by Gasteiger charge is -2.10. The Hall–Kier alpha value is -6.65. The van der Waals surface area contributed by atoms with Gasteiger partial charge in [0.1, 0.15) is 11.2 Å². The van der Waals surface area contributed by atoms with Gasteiger partial charge in [-0.15, -0.1) is 0 Å². The number of benzene rings is 7. The van der Waals surface area contributed by atoms with E-state index in [-0.39, 0.29) is 29.7 Å². The predicted octanol–water partition coefficient (Wildman–Crippen LogP) is 11.8. The molecule has 49 heavy (non-hydrogen) atoms. The Morgan fingerprint density at radius 3 is 1.45 bits per heavy atom. The summed E-state index contributed by atoms with van der Waals surface area (Å²) in [5.41, 5.74) is 8.50. The zero-order valence-corrected chi connectivity index (χ0v) is 26.1. The molecule has 0 spiro atoms. The average Bonchev–Trinajstić information content (AvgIpc) is 3.61. The van der Waals surface area contributed by atoms with E-state index in [1.54, 1.807) is 12.1 Å². The zero-order chi connectivity index (χ0) is 36.9. The first-order valence-electron chi connectivity index (χ1n) is 18.4. The van der Waals surface area contributed by atoms with Crippen molar-refractivity contribution < 1.29 is 11.3 Å². The lowest BCUT2D eigenvalue weighted by atomic mass is 9.99. The quantitative estimate of drug-likeness (QED) is 0.183. The monoisotopic (exact) mass is 632 g/mol. The van der Waals surface area contributed by atoms with Gasteiger partial charge in [0.25, 0.3) is 0 Å². The lowest BCUT2D eigenvalue weighted by Crippen LogP contribution is -2.00. The van der Waals surface area contributed by atoms with Gasteiger partial charge in [0.05, 0.1) is 6.85 Å². The highest BCUT2D eigenvalue weighted by Crippen LogP contribution is 2.38. The number of nitrogens with zero attached hydrogens (tertiary/aromatic N) is 3. The minimum atomic E-state index is -0.432. The largest absolute Gasteiger partial charge is 0.456 e. The number of fused-ring (bicyclic) bond motifs is 3. The number of furan rings is 1. The molecular weight excluding hydrogens is 599 g/mol. The molecule has 0 atom stereocenters. The Bertz CT molecular complexity index is 2730. The second-order valence-electron chi connectivity index (χ2n) is 11.7. The molecule has 0 radical (unpaired) electrons. The van der Waals surface area contributed by atoms with E-state index < -0.39 is 6.04 Å². The summed E-state index contributed by atoms with van der Waals surface area (Å²) in [6, 6.07) is 46.0. The molecule has 0 bridgehead atoms. The summed E-state index contributed by atoms with van der Waals surface area (Å²) in [4.78, 5) is 14.9. The minimum absolute atomic E-state index is 0.127. The molecule has 0 unspecified atom stereocenters. The van der Waals surface area contributed by atoms with E-state index in [4.69, 9.17) is 26.2 Å². The van der Waals surface area contributed by atoms with Gasteiger partial charge in [-0.25, -0.2) is 15.0 Å². The molecule has 0 aliphatic carbocycles. The Balaban J connectivity index is 1.18. The third kappa shape index (κ3) is 5.45. The Morgan fingerprint density at radius 1 is 0.388 bits per heavy atom. The summed E-state index contributed by atoms with van der Waals surface area (Å²) >= 11 is 0. The number of hydrogen-bond donors (Lipinski definition) is 0. The fourth-order valence-electron chi connectivity index (χ4n) is 6.21. The maximum Gasteiger partial charge on any atom is 0.164 e. The van der Waals surface area contributed by atoms with Gasteiger partial charge in [0.15, 0.2) is 17.5 Å². The summed E-state index contributed by atoms with van der Waals surface area (Å²) in [6.45, 7) is 0. The number of rotatable bonds is 6. The molecule has 0 fully saturated rings. The molecule has 0 saturated carbocycles. The highest BCUT2D eigenvalue weighted by atomic mass is 16.3. The highest BCUT2D eigenvalue weighted by molar-refractivity contribution is 6.13. The van der Waals surface area contributed by atoms with E-state index in [9.17, 15) is 0 Å². The molecule has 0 aliphatic heterocycles. The molecule has 9 rings (SSSR count). The van der Waals surface area contributed by atoms with Crippen molar-refractivity contribution in [1.82, 2.24) is 15.0 Å². The van der Waals surface area contributed by atoms with Gasteiger partial charge in [0, 0.05) is 27.5 Å². The first-order chi connectivity index (χ1) is 26.3. The van der Waals surface area contributed by atoms with Crippen molar-refractivity contribution in [3.8, 4) is 67.5 Å². The fraction of sp³-hybridized carbons (Fsp3) is 0. The van der Waals surface area contributed by atoms with Gasteiger partial charge in [-0.2, -0.15) is 0 Å². The van der Waals surface area contributed by atoms with Crippen molar-refractivity contribution in [3.05, 3.63) is 176 Å². The molecule has 2 heterocycles. The molecular formula is C45H29N3O. The van der Waals surface area contributed by atoms with Crippen LogP contribution in [0.15, 0.2) is 180 Å². The van der Waals surface area contributed by atoms with Crippen LogP contribution >= 0.6 is 0 Å². The third-order valence-electron chi connectivity index (χ3n) is 8.66. The van der Waals surface area contributed by atoms with Crippen LogP contribution in [0, 0.1) is 0 Å². The molecule has 0 amide bonds. The van der Waals surface area contributed by atoms with Gasteiger partial charge in [-0.05, 0) is 51.6 Å². The summed E-state index contributed by atoms with van der Waals surface area (Å²) in [7, 11) is 0.